The number of benzene rings is 2. The fourth-order valence-electron chi connectivity index (χ4n) is 3.67. The van der Waals surface area contributed by atoms with Crippen LogP contribution in [0.2, 0.25) is 0 Å². The molecule has 0 aliphatic carbocycles. The van der Waals surface area contributed by atoms with Crippen molar-refractivity contribution >= 4 is 17.5 Å². The highest BCUT2D eigenvalue weighted by atomic mass is 16.5. The number of carbonyl (C=O) groups is 2. The molecule has 0 fully saturated rings. The molecule has 32 heavy (non-hydrogen) atoms. The molecule has 1 N–H and O–H groups in total. The third kappa shape index (κ3) is 6.15. The molecular weight excluding hydrogens is 408 g/mol. The van der Waals surface area contributed by atoms with Crippen LogP contribution in [-0.2, 0) is 16.0 Å². The van der Waals surface area contributed by atoms with Crippen LogP contribution in [0.3, 0.4) is 0 Å². The first kappa shape index (κ1) is 23.4. The number of hydrogen-bond acceptors (Lipinski definition) is 5. The van der Waals surface area contributed by atoms with Gasteiger partial charge in [-0.3, -0.25) is 9.59 Å². The zero-order chi connectivity index (χ0) is 22.9. The number of nitrogens with zero attached hydrogens (tertiary/aromatic N) is 1. The van der Waals surface area contributed by atoms with Crippen LogP contribution in [0.1, 0.15) is 39.2 Å². The molecule has 2 aromatic carbocycles. The minimum atomic E-state index is -0.135. The third-order valence-corrected chi connectivity index (χ3v) is 5.13. The van der Waals surface area contributed by atoms with Crippen molar-refractivity contribution in [2.45, 2.75) is 46.1 Å². The molecule has 1 aliphatic rings. The number of ether oxygens (including phenoxy) is 3. The maximum absolute atomic E-state index is 12.8. The van der Waals surface area contributed by atoms with Crippen molar-refractivity contribution in [1.29, 1.82) is 0 Å². The second-order valence-electron chi connectivity index (χ2n) is 7.65. The first-order chi connectivity index (χ1) is 15.5. The Bertz CT molecular complexity index is 930. The van der Waals surface area contributed by atoms with Crippen molar-refractivity contribution in [1.82, 2.24) is 5.32 Å². The number of rotatable bonds is 10. The first-order valence-corrected chi connectivity index (χ1v) is 11.2. The molecule has 0 bridgehead atoms. The Labute approximate surface area is 189 Å². The lowest BCUT2D eigenvalue weighted by Crippen LogP contribution is -2.42. The highest BCUT2D eigenvalue weighted by molar-refractivity contribution is 5.97. The summed E-state index contributed by atoms with van der Waals surface area (Å²) < 4.78 is 17.0. The lowest BCUT2D eigenvalue weighted by atomic mass is 10.1. The Morgan fingerprint density at radius 1 is 1.06 bits per heavy atom. The minimum absolute atomic E-state index is 0.0735. The third-order valence-electron chi connectivity index (χ3n) is 5.13. The number of fused-ring (bicyclic) bond motifs is 1. The average Bonchev–Trinajstić information content (AvgIpc) is 2.78. The molecule has 0 unspecified atom stereocenters. The summed E-state index contributed by atoms with van der Waals surface area (Å²) in [4.78, 5) is 26.8. The van der Waals surface area contributed by atoms with Crippen LogP contribution >= 0.6 is 0 Å². The van der Waals surface area contributed by atoms with Crippen molar-refractivity contribution in [3.63, 3.8) is 0 Å². The number of anilines is 1. The van der Waals surface area contributed by atoms with Crippen molar-refractivity contribution in [3.05, 3.63) is 48.0 Å². The van der Waals surface area contributed by atoms with E-state index in [4.69, 9.17) is 14.2 Å². The van der Waals surface area contributed by atoms with Gasteiger partial charge in [0.05, 0.1) is 25.4 Å². The molecule has 1 aliphatic heterocycles. The Morgan fingerprint density at radius 2 is 1.81 bits per heavy atom. The van der Waals surface area contributed by atoms with Gasteiger partial charge in [-0.2, -0.15) is 0 Å². The molecule has 0 radical (unpaired) electrons. The second-order valence-corrected chi connectivity index (χ2v) is 7.65. The van der Waals surface area contributed by atoms with E-state index in [9.17, 15) is 9.59 Å². The summed E-state index contributed by atoms with van der Waals surface area (Å²) in [5.41, 5.74) is 1.81. The molecule has 172 valence electrons. The zero-order valence-corrected chi connectivity index (χ0v) is 19.1. The summed E-state index contributed by atoms with van der Waals surface area (Å²) >= 11 is 0. The Balaban J connectivity index is 1.47. The molecule has 0 saturated heterocycles. The van der Waals surface area contributed by atoms with Crippen molar-refractivity contribution in [2.75, 3.05) is 31.2 Å². The van der Waals surface area contributed by atoms with Crippen LogP contribution in [0.25, 0.3) is 0 Å². The molecule has 0 aromatic heterocycles. The summed E-state index contributed by atoms with van der Waals surface area (Å²) in [6.45, 7) is 7.90. The van der Waals surface area contributed by atoms with Gasteiger partial charge >= 0.3 is 0 Å². The summed E-state index contributed by atoms with van der Waals surface area (Å²) in [6.07, 6.45) is 0.892. The van der Waals surface area contributed by atoms with E-state index in [0.717, 1.165) is 17.0 Å². The van der Waals surface area contributed by atoms with E-state index in [-0.39, 0.29) is 30.8 Å². The van der Waals surface area contributed by atoms with Gasteiger partial charge in [0.2, 0.25) is 11.8 Å². The summed E-state index contributed by atoms with van der Waals surface area (Å²) in [5.74, 6) is 1.92. The summed E-state index contributed by atoms with van der Waals surface area (Å²) in [7, 11) is 0. The van der Waals surface area contributed by atoms with Crippen molar-refractivity contribution in [3.8, 4) is 17.2 Å². The Kier molecular flexibility index (Phi) is 8.36. The molecule has 2 aromatic rings. The Hall–Kier alpha value is -3.22. The van der Waals surface area contributed by atoms with Gasteiger partial charge in [0, 0.05) is 19.4 Å². The quantitative estimate of drug-likeness (QED) is 0.609. The molecule has 0 spiro atoms. The SMILES string of the molecule is CCOc1ccc(CCNC(=O)CCC(=O)N2C[C@H](C)Oc3ccccc32)cc1OCC. The van der Waals surface area contributed by atoms with E-state index < -0.39 is 0 Å². The number of hydrogen-bond donors (Lipinski definition) is 1. The number of carbonyl (C=O) groups excluding carboxylic acids is 2. The van der Waals surface area contributed by atoms with Crippen LogP contribution < -0.4 is 24.4 Å². The van der Waals surface area contributed by atoms with Crippen LogP contribution in [0.4, 0.5) is 5.69 Å². The van der Waals surface area contributed by atoms with Gasteiger partial charge in [0.25, 0.3) is 0 Å². The topological polar surface area (TPSA) is 77.1 Å². The second kappa shape index (κ2) is 11.4. The monoisotopic (exact) mass is 440 g/mol. The molecular formula is C25H32N2O5. The standard InChI is InChI=1S/C25H32N2O5/c1-4-30-22-11-10-19(16-23(22)31-5-2)14-15-26-24(28)12-13-25(29)27-17-18(3)32-21-9-7-6-8-20(21)27/h6-11,16,18H,4-5,12-15,17H2,1-3H3,(H,26,28)/t18-/m0/s1. The predicted molar refractivity (Wildman–Crippen MR) is 124 cm³/mol. The number of amides is 2. The molecule has 3 rings (SSSR count). The minimum Gasteiger partial charge on any atom is -0.490 e. The molecule has 2 amide bonds. The average molecular weight is 441 g/mol. The summed E-state index contributed by atoms with van der Waals surface area (Å²) in [6, 6.07) is 13.3. The van der Waals surface area contributed by atoms with Crippen molar-refractivity contribution in [2.24, 2.45) is 0 Å². The summed E-state index contributed by atoms with van der Waals surface area (Å²) in [5, 5.41) is 2.90. The highest BCUT2D eigenvalue weighted by Crippen LogP contribution is 2.33. The van der Waals surface area contributed by atoms with Gasteiger partial charge in [-0.05, 0) is 57.0 Å². The van der Waals surface area contributed by atoms with Gasteiger partial charge in [-0.15, -0.1) is 0 Å². The van der Waals surface area contributed by atoms with E-state index in [1.807, 2.05) is 63.2 Å². The largest absolute Gasteiger partial charge is 0.490 e. The molecule has 1 heterocycles. The van der Waals surface area contributed by atoms with Crippen LogP contribution in [0.5, 0.6) is 17.2 Å². The maximum Gasteiger partial charge on any atom is 0.227 e. The molecule has 7 nitrogen and oxygen atoms in total. The van der Waals surface area contributed by atoms with Crippen LogP contribution in [0, 0.1) is 0 Å². The Morgan fingerprint density at radius 3 is 2.59 bits per heavy atom. The molecule has 0 saturated carbocycles. The van der Waals surface area contributed by atoms with Gasteiger partial charge < -0.3 is 24.4 Å². The lowest BCUT2D eigenvalue weighted by Gasteiger charge is -2.33. The van der Waals surface area contributed by atoms with Crippen LogP contribution in [-0.4, -0.2) is 44.2 Å². The normalized spacial score (nSPS) is 14.8. The van der Waals surface area contributed by atoms with Crippen LogP contribution in [0.15, 0.2) is 42.5 Å². The molecule has 1 atom stereocenters. The van der Waals surface area contributed by atoms with E-state index in [1.54, 1.807) is 4.90 Å². The number of nitrogens with one attached hydrogen (secondary N) is 1. The van der Waals surface area contributed by atoms with Gasteiger partial charge in [-0.1, -0.05) is 18.2 Å². The fourth-order valence-corrected chi connectivity index (χ4v) is 3.67. The van der Waals surface area contributed by atoms with E-state index in [0.29, 0.717) is 44.2 Å². The number of para-hydroxylation sites is 2. The van der Waals surface area contributed by atoms with Gasteiger partial charge in [0.1, 0.15) is 11.9 Å². The zero-order valence-electron chi connectivity index (χ0n) is 19.1. The maximum atomic E-state index is 12.8. The predicted octanol–water partition coefficient (Wildman–Crippen LogP) is 3.74. The van der Waals surface area contributed by atoms with Gasteiger partial charge in [-0.25, -0.2) is 0 Å². The van der Waals surface area contributed by atoms with E-state index in [2.05, 4.69) is 5.32 Å². The lowest BCUT2D eigenvalue weighted by molar-refractivity contribution is -0.125. The fraction of sp³-hybridized carbons (Fsp3) is 0.440. The first-order valence-electron chi connectivity index (χ1n) is 11.2. The highest BCUT2D eigenvalue weighted by Gasteiger charge is 2.27. The van der Waals surface area contributed by atoms with Crippen molar-refractivity contribution < 1.29 is 23.8 Å². The smallest absolute Gasteiger partial charge is 0.227 e. The van der Waals surface area contributed by atoms with Gasteiger partial charge in [0.15, 0.2) is 11.5 Å². The van der Waals surface area contributed by atoms with E-state index in [1.165, 1.54) is 0 Å². The molecule has 7 heteroatoms. The van der Waals surface area contributed by atoms with E-state index >= 15 is 0 Å².